The van der Waals surface area contributed by atoms with Crippen LogP contribution >= 0.6 is 11.8 Å². The van der Waals surface area contributed by atoms with Crippen LogP contribution in [0.4, 0.5) is 13.2 Å². The van der Waals surface area contributed by atoms with Gasteiger partial charge < -0.3 is 10.6 Å². The molecule has 3 nitrogen and oxygen atoms in total. The number of nitrogens with two attached hydrogens (primary N) is 1. The van der Waals surface area contributed by atoms with Crippen LogP contribution in [0, 0.1) is 5.92 Å². The lowest BCUT2D eigenvalue weighted by atomic mass is 9.96. The highest BCUT2D eigenvalue weighted by atomic mass is 32.2. The van der Waals surface area contributed by atoms with Crippen molar-refractivity contribution in [2.75, 3.05) is 12.3 Å². The molecule has 0 saturated carbocycles. The molecule has 98 valence electrons. The first-order valence-electron chi connectivity index (χ1n) is 5.64. The molecule has 0 aromatic carbocycles. The van der Waals surface area contributed by atoms with Gasteiger partial charge in [-0.05, 0) is 25.0 Å². The quantitative estimate of drug-likeness (QED) is 0.725. The van der Waals surface area contributed by atoms with Crippen molar-refractivity contribution in [2.24, 2.45) is 11.7 Å². The maximum Gasteiger partial charge on any atom is 0.393 e. The van der Waals surface area contributed by atoms with E-state index in [0.717, 1.165) is 5.75 Å². The van der Waals surface area contributed by atoms with Gasteiger partial charge in [0.25, 0.3) is 0 Å². The van der Waals surface area contributed by atoms with Crippen molar-refractivity contribution in [3.63, 3.8) is 0 Å². The highest BCUT2D eigenvalue weighted by Crippen LogP contribution is 2.39. The Morgan fingerprint density at radius 3 is 2.65 bits per heavy atom. The number of hydrogen-bond acceptors (Lipinski definition) is 3. The molecule has 2 saturated heterocycles. The van der Waals surface area contributed by atoms with Gasteiger partial charge in [-0.2, -0.15) is 13.2 Å². The van der Waals surface area contributed by atoms with Crippen molar-refractivity contribution in [2.45, 2.75) is 36.9 Å². The lowest BCUT2D eigenvalue weighted by Crippen LogP contribution is -2.52. The number of carbonyl (C=O) groups excluding carboxylic acids is 1. The van der Waals surface area contributed by atoms with Crippen LogP contribution in [0.15, 0.2) is 0 Å². The fraction of sp³-hybridized carbons (Fsp3) is 0.900. The molecule has 1 unspecified atom stereocenters. The zero-order chi connectivity index (χ0) is 12.6. The average Bonchev–Trinajstić information content (AvgIpc) is 2.39. The second kappa shape index (κ2) is 4.68. The molecule has 17 heavy (non-hydrogen) atoms. The molecule has 0 spiro atoms. The molecule has 0 aromatic rings. The Kier molecular flexibility index (Phi) is 3.58. The summed E-state index contributed by atoms with van der Waals surface area (Å²) in [5, 5.41) is -0.116. The monoisotopic (exact) mass is 268 g/mol. The first-order valence-corrected chi connectivity index (χ1v) is 6.69. The fourth-order valence-corrected chi connectivity index (χ4v) is 3.62. The van der Waals surface area contributed by atoms with E-state index in [4.69, 9.17) is 5.73 Å². The van der Waals surface area contributed by atoms with Gasteiger partial charge in [-0.25, -0.2) is 0 Å². The van der Waals surface area contributed by atoms with Gasteiger partial charge in [-0.15, -0.1) is 11.8 Å². The first-order chi connectivity index (χ1) is 7.89. The molecule has 2 fully saturated rings. The number of thioether (sulfide) groups is 1. The van der Waals surface area contributed by atoms with E-state index in [0.29, 0.717) is 12.8 Å². The third-order valence-corrected chi connectivity index (χ3v) is 4.68. The molecule has 0 aromatic heterocycles. The summed E-state index contributed by atoms with van der Waals surface area (Å²) in [6.07, 6.45) is -3.15. The molecule has 1 amide bonds. The number of fused-ring (bicyclic) bond motifs is 1. The van der Waals surface area contributed by atoms with Gasteiger partial charge in [0.05, 0.1) is 17.3 Å². The Morgan fingerprint density at radius 2 is 2.00 bits per heavy atom. The zero-order valence-electron chi connectivity index (χ0n) is 9.24. The highest BCUT2D eigenvalue weighted by molar-refractivity contribution is 7.99. The molecule has 2 heterocycles. The number of hydrogen-bond donors (Lipinski definition) is 1. The van der Waals surface area contributed by atoms with Crippen LogP contribution in [-0.4, -0.2) is 40.7 Å². The van der Waals surface area contributed by atoms with Gasteiger partial charge in [0.2, 0.25) is 5.91 Å². The third kappa shape index (κ3) is 2.70. The summed E-state index contributed by atoms with van der Waals surface area (Å²) in [7, 11) is 0. The van der Waals surface area contributed by atoms with Crippen molar-refractivity contribution in [1.29, 1.82) is 0 Å². The molecule has 2 rings (SSSR count). The van der Waals surface area contributed by atoms with Gasteiger partial charge in [-0.1, -0.05) is 0 Å². The van der Waals surface area contributed by atoms with Crippen molar-refractivity contribution in [3.8, 4) is 0 Å². The molecule has 2 aliphatic rings. The largest absolute Gasteiger partial charge is 0.393 e. The average molecular weight is 268 g/mol. The predicted molar refractivity (Wildman–Crippen MR) is 59.3 cm³/mol. The molecular formula is C10H15F3N2OS. The predicted octanol–water partition coefficient (Wildman–Crippen LogP) is 1.58. The number of amides is 1. The summed E-state index contributed by atoms with van der Waals surface area (Å²) in [6, 6.07) is -0.639. The topological polar surface area (TPSA) is 46.3 Å². The van der Waals surface area contributed by atoms with Crippen molar-refractivity contribution < 1.29 is 18.0 Å². The number of carbonyl (C=O) groups is 1. The molecule has 7 heteroatoms. The van der Waals surface area contributed by atoms with Crippen molar-refractivity contribution >= 4 is 17.7 Å². The van der Waals surface area contributed by atoms with Crippen LogP contribution in [0.25, 0.3) is 0 Å². The molecule has 0 bridgehead atoms. The zero-order valence-corrected chi connectivity index (χ0v) is 10.1. The Labute approximate surface area is 102 Å². The van der Waals surface area contributed by atoms with E-state index >= 15 is 0 Å². The standard InChI is InChI=1S/C10H15F3N2OS/c11-10(12,13)6-1-2-8-15(5-6)9(16)7(14)3-4-17-8/h6-8H,1-5,14H2/t6-,7-,8?/m0/s1. The summed E-state index contributed by atoms with van der Waals surface area (Å²) >= 11 is 1.55. The van der Waals surface area contributed by atoms with Crippen LogP contribution in [0.5, 0.6) is 0 Å². The van der Waals surface area contributed by atoms with Gasteiger partial charge in [-0.3, -0.25) is 4.79 Å². The Balaban J connectivity index is 2.12. The minimum absolute atomic E-state index is 0.111. The number of halogens is 3. The van der Waals surface area contributed by atoms with E-state index in [9.17, 15) is 18.0 Å². The summed E-state index contributed by atoms with van der Waals surface area (Å²) in [6.45, 7) is -0.228. The Morgan fingerprint density at radius 1 is 1.29 bits per heavy atom. The van der Waals surface area contributed by atoms with E-state index in [1.54, 1.807) is 11.8 Å². The molecule has 0 radical (unpaired) electrons. The second-order valence-electron chi connectivity index (χ2n) is 4.53. The summed E-state index contributed by atoms with van der Waals surface area (Å²) < 4.78 is 37.9. The van der Waals surface area contributed by atoms with E-state index < -0.39 is 18.1 Å². The van der Waals surface area contributed by atoms with Crippen LogP contribution in [0.2, 0.25) is 0 Å². The highest BCUT2D eigenvalue weighted by Gasteiger charge is 2.46. The number of piperidine rings is 1. The Bertz CT molecular complexity index is 310. The lowest BCUT2D eigenvalue weighted by molar-refractivity contribution is -0.189. The van der Waals surface area contributed by atoms with Crippen LogP contribution < -0.4 is 5.73 Å². The molecule has 0 aliphatic carbocycles. The minimum atomic E-state index is -4.22. The van der Waals surface area contributed by atoms with E-state index in [-0.39, 0.29) is 24.2 Å². The van der Waals surface area contributed by atoms with Gasteiger partial charge in [0, 0.05) is 6.54 Å². The van der Waals surface area contributed by atoms with Crippen molar-refractivity contribution in [1.82, 2.24) is 4.90 Å². The number of alkyl halides is 3. The van der Waals surface area contributed by atoms with Crippen molar-refractivity contribution in [3.05, 3.63) is 0 Å². The lowest BCUT2D eigenvalue weighted by Gasteiger charge is -2.39. The molecule has 2 N–H and O–H groups in total. The molecule has 3 atom stereocenters. The van der Waals surface area contributed by atoms with Crippen LogP contribution in [0.1, 0.15) is 19.3 Å². The number of rotatable bonds is 0. The second-order valence-corrected chi connectivity index (χ2v) is 5.81. The molecule has 2 aliphatic heterocycles. The third-order valence-electron chi connectivity index (χ3n) is 3.33. The van der Waals surface area contributed by atoms with Gasteiger partial charge >= 0.3 is 6.18 Å². The molecular weight excluding hydrogens is 253 g/mol. The van der Waals surface area contributed by atoms with E-state index in [2.05, 4.69) is 0 Å². The van der Waals surface area contributed by atoms with E-state index in [1.165, 1.54) is 4.90 Å². The summed E-state index contributed by atoms with van der Waals surface area (Å²) in [5.74, 6) is -0.979. The SMILES string of the molecule is N[C@H]1CCSC2CC[C@H](C(F)(F)F)CN2C1=O. The minimum Gasteiger partial charge on any atom is -0.329 e. The number of nitrogens with zero attached hydrogens (tertiary/aromatic N) is 1. The summed E-state index contributed by atoms with van der Waals surface area (Å²) in [4.78, 5) is 13.2. The maximum atomic E-state index is 12.6. The summed E-state index contributed by atoms with van der Waals surface area (Å²) in [5.41, 5.74) is 5.65. The van der Waals surface area contributed by atoms with Crippen LogP contribution in [-0.2, 0) is 4.79 Å². The first kappa shape index (κ1) is 13.0. The smallest absolute Gasteiger partial charge is 0.329 e. The van der Waals surface area contributed by atoms with Gasteiger partial charge in [0.1, 0.15) is 0 Å². The normalized spacial score (nSPS) is 35.4. The fourth-order valence-electron chi connectivity index (χ4n) is 2.29. The van der Waals surface area contributed by atoms with Gasteiger partial charge in [0.15, 0.2) is 0 Å². The van der Waals surface area contributed by atoms with Crippen LogP contribution in [0.3, 0.4) is 0 Å². The maximum absolute atomic E-state index is 12.6. The Hall–Kier alpha value is -0.430. The van der Waals surface area contributed by atoms with E-state index in [1.807, 2.05) is 0 Å².